The van der Waals surface area contributed by atoms with E-state index in [-0.39, 0.29) is 17.6 Å². The largest absolute Gasteiger partial charge is 0.478 e. The Bertz CT molecular complexity index is 1050. The Labute approximate surface area is 193 Å². The average Bonchev–Trinajstić information content (AvgIpc) is 3.21. The molecule has 1 unspecified atom stereocenters. The first-order chi connectivity index (χ1) is 15.4. The molecule has 5 rings (SSSR count). The van der Waals surface area contributed by atoms with Gasteiger partial charge in [0.25, 0.3) is 5.91 Å². The Balaban J connectivity index is 1.27. The molecule has 3 aliphatic rings. The monoisotopic (exact) mass is 453 g/mol. The number of aromatic carboxylic acids is 1. The van der Waals surface area contributed by atoms with E-state index in [4.69, 9.17) is 16.3 Å². The third-order valence-corrected chi connectivity index (χ3v) is 8.09. The molecule has 6 heteroatoms. The number of hydrogen-bond acceptors (Lipinski definition) is 3. The molecular formula is C26H28ClNO4. The highest BCUT2D eigenvalue weighted by Crippen LogP contribution is 2.65. The van der Waals surface area contributed by atoms with Gasteiger partial charge in [-0.1, -0.05) is 35.9 Å². The summed E-state index contributed by atoms with van der Waals surface area (Å²) >= 11 is 6.49. The first-order valence-corrected chi connectivity index (χ1v) is 11.8. The molecule has 1 N–H and O–H groups in total. The number of carbonyl (C=O) groups excluding carboxylic acids is 1. The summed E-state index contributed by atoms with van der Waals surface area (Å²) in [6.07, 6.45) is 4.88. The van der Waals surface area contributed by atoms with E-state index in [1.807, 2.05) is 24.0 Å². The average molecular weight is 454 g/mol. The van der Waals surface area contributed by atoms with Gasteiger partial charge in [-0.2, -0.15) is 0 Å². The van der Waals surface area contributed by atoms with E-state index >= 15 is 0 Å². The Morgan fingerprint density at radius 1 is 1.16 bits per heavy atom. The summed E-state index contributed by atoms with van der Waals surface area (Å²) in [5, 5.41) is 9.97. The summed E-state index contributed by atoms with van der Waals surface area (Å²) in [6.45, 7) is 4.18. The van der Waals surface area contributed by atoms with Crippen LogP contribution in [0.25, 0.3) is 11.1 Å². The molecule has 2 atom stereocenters. The topological polar surface area (TPSA) is 66.8 Å². The molecule has 2 aliphatic heterocycles. The van der Waals surface area contributed by atoms with Crippen LogP contribution < -0.4 is 0 Å². The minimum Gasteiger partial charge on any atom is -0.478 e. The van der Waals surface area contributed by atoms with Crippen LogP contribution in [0.4, 0.5) is 0 Å². The highest BCUT2D eigenvalue weighted by molar-refractivity contribution is 6.34. The van der Waals surface area contributed by atoms with Crippen molar-refractivity contribution in [1.29, 1.82) is 0 Å². The van der Waals surface area contributed by atoms with Crippen LogP contribution in [-0.2, 0) is 9.53 Å². The minimum atomic E-state index is -0.952. The number of carboxylic acid groups (broad SMARTS) is 1. The number of halogens is 1. The first kappa shape index (κ1) is 21.5. The van der Waals surface area contributed by atoms with Gasteiger partial charge in [0.2, 0.25) is 0 Å². The van der Waals surface area contributed by atoms with E-state index in [2.05, 4.69) is 12.1 Å². The molecule has 2 aromatic rings. The van der Waals surface area contributed by atoms with Gasteiger partial charge in [-0.15, -0.1) is 0 Å². The van der Waals surface area contributed by atoms with Crippen LogP contribution in [0.1, 0.15) is 59.5 Å². The summed E-state index contributed by atoms with van der Waals surface area (Å²) in [5.41, 5.74) is 4.31. The van der Waals surface area contributed by atoms with E-state index in [1.54, 1.807) is 12.1 Å². The van der Waals surface area contributed by atoms with Gasteiger partial charge in [0.1, 0.15) is 6.10 Å². The van der Waals surface area contributed by atoms with E-state index < -0.39 is 5.97 Å². The molecule has 0 aromatic heterocycles. The van der Waals surface area contributed by atoms with Crippen molar-refractivity contribution in [2.45, 2.75) is 51.0 Å². The minimum absolute atomic E-state index is 0.176. The van der Waals surface area contributed by atoms with Crippen molar-refractivity contribution in [2.24, 2.45) is 5.41 Å². The van der Waals surface area contributed by atoms with Crippen molar-refractivity contribution >= 4 is 23.5 Å². The van der Waals surface area contributed by atoms with Crippen molar-refractivity contribution < 1.29 is 19.4 Å². The summed E-state index contributed by atoms with van der Waals surface area (Å²) in [5.74, 6) is -0.249. The van der Waals surface area contributed by atoms with Crippen LogP contribution in [0.2, 0.25) is 5.02 Å². The number of nitrogens with zero attached hydrogens (tertiary/aromatic N) is 1. The molecule has 5 nitrogen and oxygen atoms in total. The molecule has 3 fully saturated rings. The number of benzene rings is 2. The van der Waals surface area contributed by atoms with Crippen LogP contribution in [0.5, 0.6) is 0 Å². The van der Waals surface area contributed by atoms with Crippen molar-refractivity contribution in [1.82, 2.24) is 4.90 Å². The van der Waals surface area contributed by atoms with E-state index in [9.17, 15) is 14.7 Å². The first-order valence-electron chi connectivity index (χ1n) is 11.4. The van der Waals surface area contributed by atoms with Gasteiger partial charge >= 0.3 is 5.97 Å². The van der Waals surface area contributed by atoms with E-state index in [0.717, 1.165) is 55.5 Å². The van der Waals surface area contributed by atoms with Gasteiger partial charge in [-0.25, -0.2) is 4.79 Å². The van der Waals surface area contributed by atoms with Crippen molar-refractivity contribution in [3.8, 4) is 11.1 Å². The van der Waals surface area contributed by atoms with Crippen molar-refractivity contribution in [2.75, 3.05) is 19.7 Å². The maximum Gasteiger partial charge on any atom is 0.335 e. The van der Waals surface area contributed by atoms with Crippen molar-refractivity contribution in [3.05, 3.63) is 58.1 Å². The molecule has 1 spiro atoms. The maximum atomic E-state index is 12.6. The lowest BCUT2D eigenvalue weighted by Crippen LogP contribution is -2.44. The second-order valence-corrected chi connectivity index (χ2v) is 9.91. The van der Waals surface area contributed by atoms with Crippen LogP contribution in [0.3, 0.4) is 0 Å². The fourth-order valence-corrected chi connectivity index (χ4v) is 5.74. The zero-order valence-corrected chi connectivity index (χ0v) is 19.0. The fourth-order valence-electron chi connectivity index (χ4n) is 5.52. The number of ether oxygens (including phenoxy) is 1. The number of amides is 1. The lowest BCUT2D eigenvalue weighted by molar-refractivity contribution is -0.142. The van der Waals surface area contributed by atoms with Crippen LogP contribution >= 0.6 is 11.6 Å². The SMILES string of the molecule is Cc1cc(C(=O)O)cc(-c2ccc([C@H]3CC34CCN(C(=O)C3CCCO3)CC4)cc2)c1Cl. The zero-order chi connectivity index (χ0) is 22.5. The number of aryl methyl sites for hydroxylation is 1. The number of piperidine rings is 1. The summed E-state index contributed by atoms with van der Waals surface area (Å²) in [4.78, 5) is 26.1. The molecule has 2 heterocycles. The number of hydrogen-bond donors (Lipinski definition) is 1. The molecule has 2 saturated heterocycles. The Morgan fingerprint density at radius 2 is 1.88 bits per heavy atom. The van der Waals surface area contributed by atoms with Crippen LogP contribution in [-0.4, -0.2) is 47.7 Å². The van der Waals surface area contributed by atoms with E-state index in [1.165, 1.54) is 12.0 Å². The zero-order valence-electron chi connectivity index (χ0n) is 18.3. The molecule has 168 valence electrons. The van der Waals surface area contributed by atoms with Gasteiger partial charge < -0.3 is 14.7 Å². The lowest BCUT2D eigenvalue weighted by atomic mass is 9.88. The number of likely N-dealkylation sites (tertiary alicyclic amines) is 1. The number of carboxylic acids is 1. The molecule has 1 amide bonds. The van der Waals surface area contributed by atoms with Gasteiger partial charge in [0.05, 0.1) is 10.6 Å². The molecule has 0 bridgehead atoms. The summed E-state index contributed by atoms with van der Waals surface area (Å²) in [7, 11) is 0. The predicted octanol–water partition coefficient (Wildman–Crippen LogP) is 5.29. The lowest BCUT2D eigenvalue weighted by Gasteiger charge is -2.34. The Kier molecular flexibility index (Phi) is 5.50. The molecule has 0 radical (unpaired) electrons. The summed E-state index contributed by atoms with van der Waals surface area (Å²) in [6, 6.07) is 11.6. The standard InChI is InChI=1S/C26H28ClNO4/c1-16-13-19(25(30)31)14-20(23(16)27)17-4-6-18(7-5-17)21-15-26(21)8-10-28(11-9-26)24(29)22-3-2-12-32-22/h4-7,13-14,21-22H,2-3,8-12,15H2,1H3,(H,30,31)/t21-,22?/m1/s1. The number of rotatable bonds is 4. The third kappa shape index (κ3) is 3.82. The Morgan fingerprint density at radius 3 is 2.50 bits per heavy atom. The highest BCUT2D eigenvalue weighted by Gasteiger charge is 2.55. The predicted molar refractivity (Wildman–Crippen MR) is 123 cm³/mol. The van der Waals surface area contributed by atoms with Gasteiger partial charge in [0.15, 0.2) is 0 Å². The van der Waals surface area contributed by atoms with Crippen LogP contribution in [0, 0.1) is 12.3 Å². The highest BCUT2D eigenvalue weighted by atomic mass is 35.5. The van der Waals surface area contributed by atoms with Gasteiger partial charge in [-0.3, -0.25) is 4.79 Å². The molecular weight excluding hydrogens is 426 g/mol. The molecule has 32 heavy (non-hydrogen) atoms. The second kappa shape index (κ2) is 8.20. The van der Waals surface area contributed by atoms with Crippen molar-refractivity contribution in [3.63, 3.8) is 0 Å². The summed E-state index contributed by atoms with van der Waals surface area (Å²) < 4.78 is 5.58. The van der Waals surface area contributed by atoms with Crippen LogP contribution in [0.15, 0.2) is 36.4 Å². The molecule has 2 aromatic carbocycles. The molecule has 1 aliphatic carbocycles. The normalized spacial score (nSPS) is 24.0. The fraction of sp³-hybridized carbons (Fsp3) is 0.462. The third-order valence-electron chi connectivity index (χ3n) is 7.59. The Hall–Kier alpha value is -2.37. The maximum absolute atomic E-state index is 12.6. The van der Waals surface area contributed by atoms with E-state index in [0.29, 0.717) is 23.0 Å². The van der Waals surface area contributed by atoms with Gasteiger partial charge in [-0.05, 0) is 79.2 Å². The second-order valence-electron chi connectivity index (χ2n) is 9.53. The van der Waals surface area contributed by atoms with Gasteiger partial charge in [0, 0.05) is 25.3 Å². The quantitative estimate of drug-likeness (QED) is 0.683. The smallest absolute Gasteiger partial charge is 0.335 e. The molecule has 1 saturated carbocycles. The number of carbonyl (C=O) groups is 2.